The summed E-state index contributed by atoms with van der Waals surface area (Å²) in [5, 5.41) is 4.24. The summed E-state index contributed by atoms with van der Waals surface area (Å²) in [6.45, 7) is 5.88. The van der Waals surface area contributed by atoms with Crippen molar-refractivity contribution in [3.63, 3.8) is 0 Å². The number of aliphatic imine (C=N–C) groups is 1. The van der Waals surface area contributed by atoms with Crippen LogP contribution in [0.2, 0.25) is 0 Å². The molecule has 0 unspecified atom stereocenters. The Labute approximate surface area is 132 Å². The maximum atomic E-state index is 6.18. The number of nitrogens with two attached hydrogens (primary N) is 1. The molecule has 3 rings (SSSR count). The van der Waals surface area contributed by atoms with Gasteiger partial charge in [0, 0.05) is 45.4 Å². The molecule has 0 saturated carbocycles. The molecular weight excluding hydrogens is 278 g/mol. The highest BCUT2D eigenvalue weighted by Crippen LogP contribution is 2.34. The molecule has 2 N–H and O–H groups in total. The van der Waals surface area contributed by atoms with Gasteiger partial charge in [-0.15, -0.1) is 0 Å². The van der Waals surface area contributed by atoms with Crippen molar-refractivity contribution in [3.05, 3.63) is 18.0 Å². The molecule has 6 heteroatoms. The van der Waals surface area contributed by atoms with Crippen molar-refractivity contribution in [2.75, 3.05) is 26.2 Å². The highest BCUT2D eigenvalue weighted by atomic mass is 16.5. The summed E-state index contributed by atoms with van der Waals surface area (Å²) in [5.74, 6) is 1.89. The molecule has 6 nitrogen and oxygen atoms in total. The zero-order chi connectivity index (χ0) is 15.5. The Hall–Kier alpha value is -1.56. The number of ether oxygens (including phenoxy) is 1. The van der Waals surface area contributed by atoms with Crippen molar-refractivity contribution >= 4 is 5.96 Å². The van der Waals surface area contributed by atoms with Gasteiger partial charge in [-0.05, 0) is 31.2 Å². The van der Waals surface area contributed by atoms with Crippen LogP contribution in [0, 0.1) is 11.8 Å². The second-order valence-corrected chi connectivity index (χ2v) is 6.59. The van der Waals surface area contributed by atoms with E-state index in [1.807, 2.05) is 24.0 Å². The number of rotatable bonds is 3. The molecule has 0 aromatic carbocycles. The van der Waals surface area contributed by atoms with Gasteiger partial charge in [-0.3, -0.25) is 9.67 Å². The van der Waals surface area contributed by atoms with Crippen LogP contribution in [0.3, 0.4) is 0 Å². The van der Waals surface area contributed by atoms with E-state index in [9.17, 15) is 0 Å². The average Bonchev–Trinajstić information content (AvgIpc) is 3.13. The highest BCUT2D eigenvalue weighted by Gasteiger charge is 2.31. The van der Waals surface area contributed by atoms with Gasteiger partial charge >= 0.3 is 0 Å². The second-order valence-electron chi connectivity index (χ2n) is 6.59. The zero-order valence-electron chi connectivity index (χ0n) is 13.6. The van der Waals surface area contributed by atoms with Gasteiger partial charge < -0.3 is 15.4 Å². The van der Waals surface area contributed by atoms with Crippen molar-refractivity contribution in [1.29, 1.82) is 0 Å². The van der Waals surface area contributed by atoms with Crippen LogP contribution in [0.1, 0.15) is 38.0 Å². The summed E-state index contributed by atoms with van der Waals surface area (Å²) in [7, 11) is 1.96. The van der Waals surface area contributed by atoms with Crippen LogP contribution in [-0.2, 0) is 11.8 Å². The molecule has 2 atom stereocenters. The minimum Gasteiger partial charge on any atom is -0.372 e. The van der Waals surface area contributed by atoms with Gasteiger partial charge in [0.25, 0.3) is 0 Å². The molecule has 2 aliphatic rings. The maximum absolute atomic E-state index is 6.18. The lowest BCUT2D eigenvalue weighted by atomic mass is 9.99. The van der Waals surface area contributed by atoms with Crippen molar-refractivity contribution in [2.24, 2.45) is 29.6 Å². The summed E-state index contributed by atoms with van der Waals surface area (Å²) in [4.78, 5) is 6.87. The molecule has 2 saturated heterocycles. The number of hydrogen-bond acceptors (Lipinski definition) is 3. The van der Waals surface area contributed by atoms with E-state index in [1.165, 1.54) is 12.8 Å². The van der Waals surface area contributed by atoms with E-state index in [0.29, 0.717) is 11.9 Å². The van der Waals surface area contributed by atoms with Crippen LogP contribution in [-0.4, -0.2) is 46.9 Å². The Morgan fingerprint density at radius 1 is 1.41 bits per heavy atom. The normalized spacial score (nSPS) is 27.5. The Morgan fingerprint density at radius 3 is 2.86 bits per heavy atom. The van der Waals surface area contributed by atoms with E-state index < -0.39 is 0 Å². The Kier molecular flexibility index (Phi) is 4.66. The van der Waals surface area contributed by atoms with Crippen molar-refractivity contribution in [1.82, 2.24) is 14.7 Å². The first-order valence-electron chi connectivity index (χ1n) is 8.29. The smallest absolute Gasteiger partial charge is 0.191 e. The maximum Gasteiger partial charge on any atom is 0.191 e. The number of likely N-dealkylation sites (tertiary alicyclic amines) is 1. The number of nitrogens with zero attached hydrogens (tertiary/aromatic N) is 4. The molecule has 2 fully saturated rings. The van der Waals surface area contributed by atoms with E-state index in [0.717, 1.165) is 44.3 Å². The summed E-state index contributed by atoms with van der Waals surface area (Å²) in [6, 6.07) is 2.03. The fraction of sp³-hybridized carbons (Fsp3) is 0.750. The molecule has 22 heavy (non-hydrogen) atoms. The topological polar surface area (TPSA) is 68.7 Å². The number of piperidine rings is 1. The van der Waals surface area contributed by atoms with Gasteiger partial charge in [-0.2, -0.15) is 5.10 Å². The lowest BCUT2D eigenvalue weighted by Gasteiger charge is -2.31. The molecule has 0 aliphatic carbocycles. The van der Waals surface area contributed by atoms with Crippen LogP contribution < -0.4 is 5.73 Å². The molecule has 0 bridgehead atoms. The summed E-state index contributed by atoms with van der Waals surface area (Å²) in [6.07, 6.45) is 5.36. The van der Waals surface area contributed by atoms with Gasteiger partial charge in [-0.25, -0.2) is 0 Å². The molecule has 2 aliphatic heterocycles. The van der Waals surface area contributed by atoms with Crippen LogP contribution >= 0.6 is 0 Å². The Balaban J connectivity index is 1.60. The molecular formula is C16H27N5O. The van der Waals surface area contributed by atoms with Gasteiger partial charge in [0.15, 0.2) is 5.96 Å². The predicted octanol–water partition coefficient (Wildman–Crippen LogP) is 1.54. The molecule has 3 heterocycles. The highest BCUT2D eigenvalue weighted by molar-refractivity contribution is 5.78. The first-order chi connectivity index (χ1) is 10.6. The lowest BCUT2D eigenvalue weighted by Crippen LogP contribution is -2.42. The second kappa shape index (κ2) is 6.69. The van der Waals surface area contributed by atoms with Crippen molar-refractivity contribution < 1.29 is 4.74 Å². The average molecular weight is 305 g/mol. The van der Waals surface area contributed by atoms with Gasteiger partial charge in [0.05, 0.1) is 5.69 Å². The Morgan fingerprint density at radius 2 is 2.18 bits per heavy atom. The van der Waals surface area contributed by atoms with E-state index in [4.69, 9.17) is 10.5 Å². The van der Waals surface area contributed by atoms with E-state index in [1.54, 1.807) is 0 Å². The minimum atomic E-state index is 0.0884. The molecule has 0 radical (unpaired) electrons. The van der Waals surface area contributed by atoms with Gasteiger partial charge in [0.2, 0.25) is 0 Å². The third kappa shape index (κ3) is 3.27. The first-order valence-corrected chi connectivity index (χ1v) is 8.29. The van der Waals surface area contributed by atoms with Crippen molar-refractivity contribution in [2.45, 2.75) is 32.3 Å². The third-order valence-corrected chi connectivity index (χ3v) is 4.96. The van der Waals surface area contributed by atoms with Crippen LogP contribution in [0.4, 0.5) is 0 Å². The van der Waals surface area contributed by atoms with E-state index in [2.05, 4.69) is 21.9 Å². The molecule has 1 aromatic rings. The number of hydrogen-bond donors (Lipinski definition) is 1. The van der Waals surface area contributed by atoms with Crippen molar-refractivity contribution in [3.8, 4) is 0 Å². The monoisotopic (exact) mass is 305 g/mol. The SMILES string of the molecule is CC1CCN(C(N)=NC[C@@H]2CCO[C@H]2c2ccnn2C)CC1. The molecule has 1 aromatic heterocycles. The molecule has 0 amide bonds. The quantitative estimate of drug-likeness (QED) is 0.679. The number of aromatic nitrogens is 2. The summed E-state index contributed by atoms with van der Waals surface area (Å²) in [5.41, 5.74) is 7.31. The summed E-state index contributed by atoms with van der Waals surface area (Å²) >= 11 is 0. The number of aryl methyl sites for hydroxylation is 1. The van der Waals surface area contributed by atoms with Crippen LogP contribution in [0.15, 0.2) is 17.3 Å². The first kappa shape index (κ1) is 15.3. The summed E-state index contributed by atoms with van der Waals surface area (Å²) < 4.78 is 7.79. The predicted molar refractivity (Wildman–Crippen MR) is 86.5 cm³/mol. The van der Waals surface area contributed by atoms with Crippen LogP contribution in [0.5, 0.6) is 0 Å². The third-order valence-electron chi connectivity index (χ3n) is 4.96. The fourth-order valence-corrected chi connectivity index (χ4v) is 3.36. The lowest BCUT2D eigenvalue weighted by molar-refractivity contribution is 0.0858. The van der Waals surface area contributed by atoms with Crippen LogP contribution in [0.25, 0.3) is 0 Å². The largest absolute Gasteiger partial charge is 0.372 e. The molecule has 0 spiro atoms. The zero-order valence-corrected chi connectivity index (χ0v) is 13.6. The Bertz CT molecular complexity index is 518. The minimum absolute atomic E-state index is 0.0884. The van der Waals surface area contributed by atoms with Gasteiger partial charge in [0.1, 0.15) is 6.10 Å². The molecule has 122 valence electrons. The van der Waals surface area contributed by atoms with E-state index >= 15 is 0 Å². The van der Waals surface area contributed by atoms with Gasteiger partial charge in [-0.1, -0.05) is 6.92 Å². The standard InChI is InChI=1S/C16H27N5O/c1-12-4-8-21(9-5-12)16(17)18-11-13-6-10-22-15(13)14-3-7-19-20(14)2/h3,7,12-13,15H,4-6,8-11H2,1-2H3,(H2,17,18)/t13-,15+/m0/s1. The fourth-order valence-electron chi connectivity index (χ4n) is 3.36. The van der Waals surface area contributed by atoms with E-state index in [-0.39, 0.29) is 6.10 Å². The number of guanidine groups is 1.